The summed E-state index contributed by atoms with van der Waals surface area (Å²) in [4.78, 5) is 24.0. The Labute approximate surface area is 161 Å². The predicted octanol–water partition coefficient (Wildman–Crippen LogP) is 1.31. The van der Waals surface area contributed by atoms with Gasteiger partial charge in [0, 0.05) is 17.2 Å². The molecule has 0 aliphatic carbocycles. The van der Waals surface area contributed by atoms with Crippen LogP contribution in [0.5, 0.6) is 23.0 Å². The number of fused-ring (bicyclic) bond motifs is 1. The number of hydrogen-bond donors (Lipinski definition) is 2. The van der Waals surface area contributed by atoms with Crippen molar-refractivity contribution < 1.29 is 28.5 Å². The van der Waals surface area contributed by atoms with Gasteiger partial charge in [0.15, 0.2) is 11.5 Å². The maximum atomic E-state index is 12.1. The van der Waals surface area contributed by atoms with Crippen molar-refractivity contribution in [3.63, 3.8) is 0 Å². The first kappa shape index (κ1) is 19.0. The molecule has 1 aliphatic heterocycles. The summed E-state index contributed by atoms with van der Waals surface area (Å²) < 4.78 is 20.8. The van der Waals surface area contributed by atoms with Crippen LogP contribution in [0, 0.1) is 0 Å². The average Bonchev–Trinajstić information content (AvgIpc) is 3.20. The predicted molar refractivity (Wildman–Crippen MR) is 100 cm³/mol. The zero-order valence-corrected chi connectivity index (χ0v) is 15.4. The number of rotatable bonds is 7. The molecule has 0 spiro atoms. The highest BCUT2D eigenvalue weighted by Gasteiger charge is 2.16. The van der Waals surface area contributed by atoms with Crippen molar-refractivity contribution in [3.8, 4) is 23.0 Å². The van der Waals surface area contributed by atoms with Gasteiger partial charge >= 0.3 is 0 Å². The molecule has 9 heteroatoms. The summed E-state index contributed by atoms with van der Waals surface area (Å²) in [5.74, 6) is 1.39. The number of hydrazone groups is 1. The fraction of sp³-hybridized carbons (Fsp3) is 0.211. The van der Waals surface area contributed by atoms with Crippen LogP contribution in [0.2, 0.25) is 0 Å². The van der Waals surface area contributed by atoms with Crippen molar-refractivity contribution in [2.45, 2.75) is 0 Å². The van der Waals surface area contributed by atoms with Gasteiger partial charge < -0.3 is 24.3 Å². The normalized spacial score (nSPS) is 11.9. The van der Waals surface area contributed by atoms with Crippen molar-refractivity contribution in [1.82, 2.24) is 10.7 Å². The Hall–Kier alpha value is -3.75. The Morgan fingerprint density at radius 2 is 1.93 bits per heavy atom. The van der Waals surface area contributed by atoms with E-state index in [0.717, 1.165) is 0 Å². The lowest BCUT2D eigenvalue weighted by molar-refractivity contribution is -0.120. The van der Waals surface area contributed by atoms with E-state index in [1.807, 2.05) is 0 Å². The minimum absolute atomic E-state index is 0.125. The van der Waals surface area contributed by atoms with Gasteiger partial charge in [0.25, 0.3) is 11.8 Å². The highest BCUT2D eigenvalue weighted by molar-refractivity contribution is 5.97. The number of carbonyl (C=O) groups excluding carboxylic acids is 2. The molecule has 28 heavy (non-hydrogen) atoms. The van der Waals surface area contributed by atoms with E-state index < -0.39 is 11.8 Å². The van der Waals surface area contributed by atoms with Gasteiger partial charge in [0.1, 0.15) is 11.5 Å². The van der Waals surface area contributed by atoms with Crippen LogP contribution in [0.1, 0.15) is 15.9 Å². The molecule has 146 valence electrons. The van der Waals surface area contributed by atoms with E-state index in [0.29, 0.717) is 34.1 Å². The number of ether oxygens (including phenoxy) is 4. The van der Waals surface area contributed by atoms with E-state index in [4.69, 9.17) is 18.9 Å². The molecule has 1 heterocycles. The molecule has 0 bridgehead atoms. The van der Waals surface area contributed by atoms with Crippen molar-refractivity contribution >= 4 is 18.0 Å². The summed E-state index contributed by atoms with van der Waals surface area (Å²) in [5.41, 5.74) is 3.37. The summed E-state index contributed by atoms with van der Waals surface area (Å²) in [6.07, 6.45) is 1.44. The SMILES string of the molecule is COc1ccc(C=NNC(=O)CNC(=O)c2ccc3c(c2)OCO3)c(OC)c1. The van der Waals surface area contributed by atoms with Gasteiger partial charge in [-0.3, -0.25) is 9.59 Å². The molecule has 0 radical (unpaired) electrons. The molecule has 2 aromatic carbocycles. The molecule has 9 nitrogen and oxygen atoms in total. The van der Waals surface area contributed by atoms with Crippen LogP contribution < -0.4 is 29.7 Å². The van der Waals surface area contributed by atoms with Crippen LogP contribution >= 0.6 is 0 Å². The van der Waals surface area contributed by atoms with E-state index in [1.165, 1.54) is 13.3 Å². The molecule has 2 N–H and O–H groups in total. The monoisotopic (exact) mass is 385 g/mol. The van der Waals surface area contributed by atoms with Gasteiger partial charge in [-0.15, -0.1) is 0 Å². The maximum Gasteiger partial charge on any atom is 0.259 e. The van der Waals surface area contributed by atoms with Crippen molar-refractivity contribution in [2.24, 2.45) is 5.10 Å². The molecular formula is C19H19N3O6. The molecule has 0 atom stereocenters. The fourth-order valence-corrected chi connectivity index (χ4v) is 2.44. The molecule has 0 fully saturated rings. The maximum absolute atomic E-state index is 12.1. The van der Waals surface area contributed by atoms with Crippen LogP contribution in [-0.2, 0) is 4.79 Å². The summed E-state index contributed by atoms with van der Waals surface area (Å²) in [7, 11) is 3.08. The van der Waals surface area contributed by atoms with Crippen LogP contribution in [0.3, 0.4) is 0 Å². The highest BCUT2D eigenvalue weighted by atomic mass is 16.7. The summed E-state index contributed by atoms with van der Waals surface area (Å²) in [6.45, 7) is -0.107. The number of methoxy groups -OCH3 is 2. The van der Waals surface area contributed by atoms with E-state index >= 15 is 0 Å². The second-order valence-corrected chi connectivity index (χ2v) is 5.65. The lowest BCUT2D eigenvalue weighted by atomic mass is 10.2. The van der Waals surface area contributed by atoms with Crippen molar-refractivity contribution in [1.29, 1.82) is 0 Å². The van der Waals surface area contributed by atoms with Gasteiger partial charge in [0.05, 0.1) is 27.0 Å². The number of nitrogens with one attached hydrogen (secondary N) is 2. The van der Waals surface area contributed by atoms with Crippen LogP contribution in [-0.4, -0.2) is 45.6 Å². The van der Waals surface area contributed by atoms with Gasteiger partial charge in [-0.1, -0.05) is 0 Å². The number of benzene rings is 2. The molecule has 2 aromatic rings. The lowest BCUT2D eigenvalue weighted by Gasteiger charge is -2.07. The quantitative estimate of drug-likeness (QED) is 0.550. The van der Waals surface area contributed by atoms with Gasteiger partial charge in [0.2, 0.25) is 6.79 Å². The third-order valence-corrected chi connectivity index (χ3v) is 3.88. The zero-order valence-electron chi connectivity index (χ0n) is 15.4. The molecule has 1 aliphatic rings. The Balaban J connectivity index is 1.50. The van der Waals surface area contributed by atoms with Crippen molar-refractivity contribution in [2.75, 3.05) is 27.6 Å². The largest absolute Gasteiger partial charge is 0.497 e. The molecule has 0 saturated carbocycles. The highest BCUT2D eigenvalue weighted by Crippen LogP contribution is 2.32. The van der Waals surface area contributed by atoms with Crippen LogP contribution in [0.25, 0.3) is 0 Å². The van der Waals surface area contributed by atoms with Crippen molar-refractivity contribution in [3.05, 3.63) is 47.5 Å². The number of nitrogens with zero attached hydrogens (tertiary/aromatic N) is 1. The average molecular weight is 385 g/mol. The topological polar surface area (TPSA) is 107 Å². The van der Waals surface area contributed by atoms with E-state index in [2.05, 4.69) is 15.8 Å². The molecule has 0 aromatic heterocycles. The fourth-order valence-electron chi connectivity index (χ4n) is 2.44. The third kappa shape index (κ3) is 4.50. The summed E-state index contributed by atoms with van der Waals surface area (Å²) in [5, 5.41) is 6.38. The Kier molecular flexibility index (Phi) is 5.95. The number of carbonyl (C=O) groups is 2. The lowest BCUT2D eigenvalue weighted by Crippen LogP contribution is -2.34. The molecule has 0 saturated heterocycles. The van der Waals surface area contributed by atoms with Gasteiger partial charge in [-0.2, -0.15) is 5.10 Å². The molecular weight excluding hydrogens is 366 g/mol. The minimum atomic E-state index is -0.474. The second kappa shape index (κ2) is 8.76. The standard InChI is InChI=1S/C19H19N3O6/c1-25-14-5-3-13(16(8-14)26-2)9-21-22-18(23)10-20-19(24)12-4-6-15-17(7-12)28-11-27-15/h3-9H,10-11H2,1-2H3,(H,20,24)(H,22,23). The number of amides is 2. The summed E-state index contributed by atoms with van der Waals surface area (Å²) in [6, 6.07) is 9.99. The second-order valence-electron chi connectivity index (χ2n) is 5.65. The first-order valence-electron chi connectivity index (χ1n) is 8.32. The zero-order chi connectivity index (χ0) is 19.9. The van der Waals surface area contributed by atoms with Gasteiger partial charge in [-0.25, -0.2) is 5.43 Å². The third-order valence-electron chi connectivity index (χ3n) is 3.88. The van der Waals surface area contributed by atoms with E-state index in [-0.39, 0.29) is 13.3 Å². The minimum Gasteiger partial charge on any atom is -0.497 e. The number of hydrogen-bond acceptors (Lipinski definition) is 7. The smallest absolute Gasteiger partial charge is 0.259 e. The summed E-state index contributed by atoms with van der Waals surface area (Å²) >= 11 is 0. The Morgan fingerprint density at radius 3 is 2.71 bits per heavy atom. The van der Waals surface area contributed by atoms with E-state index in [1.54, 1.807) is 43.5 Å². The van der Waals surface area contributed by atoms with E-state index in [9.17, 15) is 9.59 Å². The molecule has 2 amide bonds. The first-order chi connectivity index (χ1) is 13.6. The van der Waals surface area contributed by atoms with Crippen LogP contribution in [0.15, 0.2) is 41.5 Å². The Morgan fingerprint density at radius 1 is 1.11 bits per heavy atom. The Bertz CT molecular complexity index is 913. The molecule has 0 unspecified atom stereocenters. The first-order valence-corrected chi connectivity index (χ1v) is 8.32. The van der Waals surface area contributed by atoms with Crippen LogP contribution in [0.4, 0.5) is 0 Å². The van der Waals surface area contributed by atoms with Gasteiger partial charge in [-0.05, 0) is 30.3 Å². The molecule has 3 rings (SSSR count).